The van der Waals surface area contributed by atoms with Crippen molar-refractivity contribution < 1.29 is 14.0 Å². The van der Waals surface area contributed by atoms with E-state index < -0.39 is 0 Å². The topological polar surface area (TPSA) is 76.3 Å². The number of aryl methyl sites for hydroxylation is 1. The molecule has 7 heteroatoms. The Morgan fingerprint density at radius 2 is 1.64 bits per heavy atom. The third kappa shape index (κ3) is 3.75. The van der Waals surface area contributed by atoms with Gasteiger partial charge in [-0.2, -0.15) is 0 Å². The molecule has 0 fully saturated rings. The van der Waals surface area contributed by atoms with Gasteiger partial charge in [-0.3, -0.25) is 14.5 Å². The van der Waals surface area contributed by atoms with Gasteiger partial charge in [-0.05, 0) is 43.2 Å². The van der Waals surface area contributed by atoms with Gasteiger partial charge in [0.2, 0.25) is 11.8 Å². The lowest BCUT2D eigenvalue weighted by Crippen LogP contribution is -2.30. The minimum absolute atomic E-state index is 0.198. The van der Waals surface area contributed by atoms with E-state index >= 15 is 0 Å². The Hall–Kier alpha value is -2.80. The maximum Gasteiger partial charge on any atom is 0.261 e. The first-order valence-electron chi connectivity index (χ1n) is 9.17. The molecule has 0 aliphatic carbocycles. The van der Waals surface area contributed by atoms with Crippen LogP contribution >= 0.6 is 15.9 Å². The average Bonchev–Trinajstić information content (AvgIpc) is 3.27. The molecule has 0 saturated carbocycles. The lowest BCUT2D eigenvalue weighted by atomic mass is 10.1. The van der Waals surface area contributed by atoms with Crippen LogP contribution in [-0.2, 0) is 6.42 Å². The van der Waals surface area contributed by atoms with Crippen molar-refractivity contribution in [2.75, 3.05) is 6.54 Å². The summed E-state index contributed by atoms with van der Waals surface area (Å²) in [5.74, 6) is 0.699. The van der Waals surface area contributed by atoms with Crippen LogP contribution in [0.3, 0.4) is 0 Å². The van der Waals surface area contributed by atoms with Gasteiger partial charge < -0.3 is 4.42 Å². The van der Waals surface area contributed by atoms with E-state index in [1.807, 2.05) is 24.3 Å². The number of carbonyl (C=O) groups is 2. The highest BCUT2D eigenvalue weighted by Gasteiger charge is 2.34. The number of aromatic nitrogens is 2. The lowest BCUT2D eigenvalue weighted by Gasteiger charge is -2.13. The molecule has 0 spiro atoms. The molecule has 0 saturated heterocycles. The summed E-state index contributed by atoms with van der Waals surface area (Å²) in [6, 6.07) is 14.7. The van der Waals surface area contributed by atoms with Gasteiger partial charge in [0.25, 0.3) is 11.8 Å². The summed E-state index contributed by atoms with van der Waals surface area (Å²) in [7, 11) is 0. The fraction of sp³-hybridized carbons (Fsp3) is 0.238. The first-order chi connectivity index (χ1) is 13.6. The number of amides is 2. The molecule has 1 aromatic heterocycles. The molecule has 0 radical (unpaired) electrons. The largest absolute Gasteiger partial charge is 0.421 e. The molecule has 142 valence electrons. The Morgan fingerprint density at radius 1 is 0.893 bits per heavy atom. The molecule has 3 aromatic rings. The van der Waals surface area contributed by atoms with E-state index in [4.69, 9.17) is 4.42 Å². The smallest absolute Gasteiger partial charge is 0.261 e. The Kier molecular flexibility index (Phi) is 5.34. The Labute approximate surface area is 170 Å². The highest BCUT2D eigenvalue weighted by atomic mass is 79.9. The number of halogens is 1. The zero-order valence-corrected chi connectivity index (χ0v) is 16.7. The van der Waals surface area contributed by atoms with Crippen LogP contribution in [0.2, 0.25) is 0 Å². The van der Waals surface area contributed by atoms with E-state index in [0.717, 1.165) is 29.3 Å². The molecule has 0 atom stereocenters. The molecule has 2 amide bonds. The summed E-state index contributed by atoms with van der Waals surface area (Å²) in [5, 5.41) is 8.20. The van der Waals surface area contributed by atoms with Gasteiger partial charge >= 0.3 is 0 Å². The second-order valence-electron chi connectivity index (χ2n) is 6.63. The van der Waals surface area contributed by atoms with Crippen LogP contribution < -0.4 is 0 Å². The number of nitrogens with zero attached hydrogens (tertiary/aromatic N) is 3. The number of benzene rings is 2. The van der Waals surface area contributed by atoms with E-state index in [1.54, 1.807) is 24.3 Å². The van der Waals surface area contributed by atoms with Gasteiger partial charge in [-0.1, -0.05) is 40.5 Å². The van der Waals surface area contributed by atoms with E-state index in [0.29, 0.717) is 35.9 Å². The minimum Gasteiger partial charge on any atom is -0.421 e. The van der Waals surface area contributed by atoms with Crippen molar-refractivity contribution in [1.82, 2.24) is 15.1 Å². The van der Waals surface area contributed by atoms with Gasteiger partial charge in [0.05, 0.1) is 11.1 Å². The average molecular weight is 440 g/mol. The van der Waals surface area contributed by atoms with Crippen LogP contribution in [0.1, 0.15) is 45.9 Å². The number of unbranched alkanes of at least 4 members (excludes halogenated alkanes) is 2. The number of rotatable bonds is 7. The summed E-state index contributed by atoms with van der Waals surface area (Å²) < 4.78 is 6.68. The van der Waals surface area contributed by atoms with Gasteiger partial charge in [0.1, 0.15) is 0 Å². The second kappa shape index (κ2) is 8.06. The molecule has 6 nitrogen and oxygen atoms in total. The molecule has 1 aliphatic rings. The maximum absolute atomic E-state index is 12.3. The number of hydrogen-bond donors (Lipinski definition) is 0. The fourth-order valence-corrected chi connectivity index (χ4v) is 3.66. The highest BCUT2D eigenvalue weighted by Crippen LogP contribution is 2.24. The van der Waals surface area contributed by atoms with Crippen molar-refractivity contribution in [2.45, 2.75) is 25.7 Å². The Bertz CT molecular complexity index is 996. The third-order valence-electron chi connectivity index (χ3n) is 4.69. The molecular formula is C21H18BrN3O3. The molecular weight excluding hydrogens is 422 g/mol. The number of hydrogen-bond acceptors (Lipinski definition) is 5. The first kappa shape index (κ1) is 18.6. The van der Waals surface area contributed by atoms with E-state index in [9.17, 15) is 9.59 Å². The molecule has 1 aliphatic heterocycles. The van der Waals surface area contributed by atoms with Crippen LogP contribution in [0.25, 0.3) is 11.5 Å². The fourth-order valence-electron chi connectivity index (χ4n) is 3.26. The molecule has 2 aromatic carbocycles. The van der Waals surface area contributed by atoms with Gasteiger partial charge in [-0.15, -0.1) is 10.2 Å². The van der Waals surface area contributed by atoms with Crippen LogP contribution in [0.5, 0.6) is 0 Å². The summed E-state index contributed by atoms with van der Waals surface area (Å²) in [4.78, 5) is 26.0. The third-order valence-corrected chi connectivity index (χ3v) is 5.18. The normalized spacial score (nSPS) is 13.2. The van der Waals surface area contributed by atoms with Crippen molar-refractivity contribution in [3.8, 4) is 11.5 Å². The molecule has 4 rings (SSSR count). The van der Waals surface area contributed by atoms with Crippen molar-refractivity contribution >= 4 is 27.7 Å². The molecule has 2 heterocycles. The van der Waals surface area contributed by atoms with Crippen molar-refractivity contribution in [2.24, 2.45) is 0 Å². The predicted molar refractivity (Wildman–Crippen MR) is 107 cm³/mol. The quantitative estimate of drug-likeness (QED) is 0.399. The van der Waals surface area contributed by atoms with Crippen molar-refractivity contribution in [3.63, 3.8) is 0 Å². The van der Waals surface area contributed by atoms with Crippen LogP contribution in [0.15, 0.2) is 57.4 Å². The minimum atomic E-state index is -0.198. The van der Waals surface area contributed by atoms with Crippen LogP contribution in [0, 0.1) is 0 Å². The molecule has 28 heavy (non-hydrogen) atoms. The van der Waals surface area contributed by atoms with E-state index in [-0.39, 0.29) is 11.8 Å². The number of fused-ring (bicyclic) bond motifs is 1. The van der Waals surface area contributed by atoms with Gasteiger partial charge in [0, 0.05) is 23.0 Å². The predicted octanol–water partition coefficient (Wildman–Crippen LogP) is 4.51. The second-order valence-corrected chi connectivity index (χ2v) is 7.55. The molecule has 0 bridgehead atoms. The number of imide groups is 1. The summed E-state index contributed by atoms with van der Waals surface area (Å²) in [6.07, 6.45) is 3.13. The zero-order chi connectivity index (χ0) is 19.5. The summed E-state index contributed by atoms with van der Waals surface area (Å²) in [5.41, 5.74) is 1.87. The SMILES string of the molecule is O=C1c2ccccc2C(=O)N1CCCCCc1nnc(-c2cccc(Br)c2)o1. The highest BCUT2D eigenvalue weighted by molar-refractivity contribution is 9.10. The summed E-state index contributed by atoms with van der Waals surface area (Å²) >= 11 is 3.43. The monoisotopic (exact) mass is 439 g/mol. The lowest BCUT2D eigenvalue weighted by molar-refractivity contribution is 0.0651. The molecule has 0 unspecified atom stereocenters. The first-order valence-corrected chi connectivity index (χ1v) is 9.96. The van der Waals surface area contributed by atoms with Crippen LogP contribution in [0.4, 0.5) is 0 Å². The maximum atomic E-state index is 12.3. The van der Waals surface area contributed by atoms with E-state index in [2.05, 4.69) is 26.1 Å². The zero-order valence-electron chi connectivity index (χ0n) is 15.1. The summed E-state index contributed by atoms with van der Waals surface area (Å²) in [6.45, 7) is 0.430. The van der Waals surface area contributed by atoms with Crippen molar-refractivity contribution in [3.05, 3.63) is 70.0 Å². The molecule has 0 N–H and O–H groups in total. The van der Waals surface area contributed by atoms with Gasteiger partial charge in [-0.25, -0.2) is 0 Å². The van der Waals surface area contributed by atoms with Gasteiger partial charge in [0.15, 0.2) is 0 Å². The Morgan fingerprint density at radius 3 is 2.36 bits per heavy atom. The van der Waals surface area contributed by atoms with E-state index in [1.165, 1.54) is 4.90 Å². The number of carbonyl (C=O) groups excluding carboxylic acids is 2. The van der Waals surface area contributed by atoms with Crippen LogP contribution in [-0.4, -0.2) is 33.5 Å². The Balaban J connectivity index is 1.25. The standard InChI is InChI=1S/C21H18BrN3O3/c22-15-8-6-7-14(13-15)19-24-23-18(28-19)11-2-1-5-12-25-20(26)16-9-3-4-10-17(16)21(25)27/h3-4,6-10,13H,1-2,5,11-12H2. The van der Waals surface area contributed by atoms with Crippen molar-refractivity contribution in [1.29, 1.82) is 0 Å².